The number of hydrogen-bond acceptors (Lipinski definition) is 9. The van der Waals surface area contributed by atoms with Crippen molar-refractivity contribution in [3.05, 3.63) is 20.8 Å². The molecule has 0 radical (unpaired) electrons. The number of anilines is 1. The molecule has 1 amide bonds. The highest BCUT2D eigenvalue weighted by molar-refractivity contribution is 5.87. The molecule has 0 spiro atoms. The van der Waals surface area contributed by atoms with Crippen LogP contribution in [0.1, 0.15) is 40.3 Å². The number of nitrogens with zero attached hydrogens (tertiary/aromatic N) is 3. The molecule has 2 aromatic heterocycles. The third kappa shape index (κ3) is 4.94. The average Bonchev–Trinajstić information content (AvgIpc) is 3.20. The molecular formula is C21H24FN5O8. The van der Waals surface area contributed by atoms with Gasteiger partial charge in [-0.1, -0.05) is 12.8 Å². The van der Waals surface area contributed by atoms with Crippen molar-refractivity contribution >= 4 is 35.0 Å². The Bertz CT molecular complexity index is 1320. The van der Waals surface area contributed by atoms with E-state index in [0.717, 1.165) is 23.0 Å². The number of ether oxygens (including phenoxy) is 3. The zero-order valence-electron chi connectivity index (χ0n) is 19.4. The van der Waals surface area contributed by atoms with Gasteiger partial charge in [0.2, 0.25) is 11.9 Å². The molecule has 35 heavy (non-hydrogen) atoms. The van der Waals surface area contributed by atoms with Crippen LogP contribution in [0, 0.1) is 12.3 Å². The van der Waals surface area contributed by atoms with Gasteiger partial charge in [-0.15, -0.1) is 6.42 Å². The largest absolute Gasteiger partial charge is 0.460 e. The lowest BCUT2D eigenvalue weighted by Gasteiger charge is -2.23. The van der Waals surface area contributed by atoms with Crippen LogP contribution < -0.4 is 16.6 Å². The zero-order valence-corrected chi connectivity index (χ0v) is 19.4. The van der Waals surface area contributed by atoms with Gasteiger partial charge in [0.15, 0.2) is 29.7 Å². The highest BCUT2D eigenvalue weighted by Crippen LogP contribution is 2.37. The smallest absolute Gasteiger partial charge is 0.333 e. The van der Waals surface area contributed by atoms with Gasteiger partial charge in [-0.2, -0.15) is 4.98 Å². The molecule has 0 aromatic carbocycles. The number of H-pyrrole nitrogens is 1. The van der Waals surface area contributed by atoms with Gasteiger partial charge in [0.1, 0.15) is 12.2 Å². The summed E-state index contributed by atoms with van der Waals surface area (Å²) in [7, 11) is 0. The van der Waals surface area contributed by atoms with Crippen LogP contribution in [0.4, 0.5) is 10.3 Å². The Hall–Kier alpha value is -3.99. The molecule has 188 valence electrons. The summed E-state index contributed by atoms with van der Waals surface area (Å²) in [5.74, 6) is -0.149. The van der Waals surface area contributed by atoms with Crippen molar-refractivity contribution in [1.29, 1.82) is 0 Å². The molecule has 1 aliphatic heterocycles. The van der Waals surface area contributed by atoms with Gasteiger partial charge in [-0.25, -0.2) is 13.8 Å². The van der Waals surface area contributed by atoms with Gasteiger partial charge in [-0.3, -0.25) is 34.0 Å². The molecule has 2 N–H and O–H groups in total. The van der Waals surface area contributed by atoms with Gasteiger partial charge < -0.3 is 14.2 Å². The van der Waals surface area contributed by atoms with Crippen LogP contribution in [0.3, 0.4) is 0 Å². The first-order valence-electron chi connectivity index (χ1n) is 10.6. The Morgan fingerprint density at radius 2 is 1.97 bits per heavy atom. The Morgan fingerprint density at radius 1 is 1.29 bits per heavy atom. The second-order valence-electron chi connectivity index (χ2n) is 7.78. The number of nitrogens with one attached hydrogen (secondary N) is 2. The van der Waals surface area contributed by atoms with Crippen molar-refractivity contribution in [3.8, 4) is 12.3 Å². The highest BCUT2D eigenvalue weighted by Gasteiger charge is 2.53. The minimum Gasteiger partial charge on any atom is -0.460 e. The summed E-state index contributed by atoms with van der Waals surface area (Å²) in [5, 5.41) is 2.30. The van der Waals surface area contributed by atoms with Crippen molar-refractivity contribution in [2.45, 2.75) is 71.4 Å². The fourth-order valence-corrected chi connectivity index (χ4v) is 3.94. The van der Waals surface area contributed by atoms with E-state index in [0.29, 0.717) is 0 Å². The molecule has 3 rings (SSSR count). The Morgan fingerprint density at radius 3 is 2.51 bits per heavy atom. The molecule has 2 aromatic rings. The number of amides is 1. The normalized spacial score (nSPS) is 22.4. The number of aromatic amines is 1. The zero-order chi connectivity index (χ0) is 26.0. The van der Waals surface area contributed by atoms with E-state index in [1.54, 1.807) is 6.92 Å². The number of esters is 2. The third-order valence-electron chi connectivity index (χ3n) is 5.20. The summed E-state index contributed by atoms with van der Waals surface area (Å²) in [6.07, 6.45) is -2.23. The third-order valence-corrected chi connectivity index (χ3v) is 5.20. The Labute approximate surface area is 197 Å². The number of aromatic nitrogens is 4. The average molecular weight is 493 g/mol. The Balaban J connectivity index is 2.25. The first-order chi connectivity index (χ1) is 16.5. The van der Waals surface area contributed by atoms with Crippen molar-refractivity contribution in [2.24, 2.45) is 0 Å². The predicted molar refractivity (Wildman–Crippen MR) is 118 cm³/mol. The van der Waals surface area contributed by atoms with Gasteiger partial charge >= 0.3 is 17.6 Å². The van der Waals surface area contributed by atoms with Crippen LogP contribution in [-0.2, 0) is 35.1 Å². The number of alkyl halides is 1. The number of rotatable bonds is 7. The van der Waals surface area contributed by atoms with Crippen molar-refractivity contribution in [3.63, 3.8) is 0 Å². The van der Waals surface area contributed by atoms with E-state index in [4.69, 9.17) is 20.6 Å². The second kappa shape index (κ2) is 10.1. The molecular weight excluding hydrogens is 469 g/mol. The fraction of sp³-hybridized carbons (Fsp3) is 0.524. The molecule has 1 saturated heterocycles. The fourth-order valence-electron chi connectivity index (χ4n) is 3.94. The molecule has 13 nitrogen and oxygen atoms in total. The van der Waals surface area contributed by atoms with Crippen LogP contribution in [0.15, 0.2) is 9.59 Å². The van der Waals surface area contributed by atoms with Crippen molar-refractivity contribution in [2.75, 3.05) is 5.32 Å². The highest BCUT2D eigenvalue weighted by atomic mass is 19.1. The van der Waals surface area contributed by atoms with Gasteiger partial charge in [-0.05, 0) is 6.42 Å². The van der Waals surface area contributed by atoms with E-state index in [1.165, 1.54) is 6.92 Å². The number of terminal acetylenes is 1. The quantitative estimate of drug-likeness (QED) is 0.399. The molecule has 1 unspecified atom stereocenters. The number of imidazole rings is 1. The van der Waals surface area contributed by atoms with E-state index in [9.17, 15) is 24.0 Å². The number of carbonyl (C=O) groups is 3. The summed E-state index contributed by atoms with van der Waals surface area (Å²) >= 11 is 0. The maximum atomic E-state index is 15.6. The van der Waals surface area contributed by atoms with Crippen LogP contribution in [0.5, 0.6) is 0 Å². The molecule has 14 heteroatoms. The van der Waals surface area contributed by atoms with Crippen LogP contribution >= 0.6 is 0 Å². The molecule has 1 fully saturated rings. The number of fused-ring (bicyclic) bond motifs is 1. The van der Waals surface area contributed by atoms with Crippen molar-refractivity contribution < 1.29 is 33.0 Å². The molecule has 0 saturated carbocycles. The van der Waals surface area contributed by atoms with E-state index in [1.807, 2.05) is 0 Å². The predicted octanol–water partition coefficient (Wildman–Crippen LogP) is -0.0132. The van der Waals surface area contributed by atoms with E-state index >= 15 is 4.39 Å². The molecule has 0 aliphatic carbocycles. The van der Waals surface area contributed by atoms with E-state index < -0.39 is 59.8 Å². The maximum absolute atomic E-state index is 15.6. The number of carbonyl (C=O) groups excluding carboxylic acids is 3. The minimum atomic E-state index is -2.01. The summed E-state index contributed by atoms with van der Waals surface area (Å²) in [4.78, 5) is 67.3. The number of halogens is 1. The monoisotopic (exact) mass is 493 g/mol. The summed E-state index contributed by atoms with van der Waals surface area (Å²) < 4.78 is 33.4. The summed E-state index contributed by atoms with van der Waals surface area (Å²) in [6, 6.07) is 0. The van der Waals surface area contributed by atoms with Gasteiger partial charge in [0.25, 0.3) is 5.56 Å². The first-order valence-corrected chi connectivity index (χ1v) is 10.6. The lowest BCUT2D eigenvalue weighted by atomic mass is 10.0. The second-order valence-corrected chi connectivity index (χ2v) is 7.78. The standard InChI is InChI=1S/C21H24FN5O8/c1-6-8-26-14-17(24-20(23-9(3)28)25-18(14)31)27(21(26)32)19-16(34-11(5)30)13(22)15(35-19)12(7-2)33-10(4)29/h1,12-13,15-16,19H,7-8H2,2-5H3,(H2,23,24,25,28,31)/t12?,13-,15+,16+,19+/m0/s1. The molecule has 1 aliphatic rings. The maximum Gasteiger partial charge on any atom is 0.333 e. The van der Waals surface area contributed by atoms with Crippen LogP contribution in [0.2, 0.25) is 0 Å². The SMILES string of the molecule is C#CCn1c(=O)n([C@@H]2O[C@H](C(CC)OC(C)=O)[C@H](F)[C@H]2OC(C)=O)c2nc(NC(C)=O)[nH]c(=O)c21. The van der Waals surface area contributed by atoms with Crippen LogP contribution in [0.25, 0.3) is 11.2 Å². The summed E-state index contributed by atoms with van der Waals surface area (Å²) in [5.41, 5.74) is -2.27. The lowest BCUT2D eigenvalue weighted by Crippen LogP contribution is -2.39. The van der Waals surface area contributed by atoms with Crippen molar-refractivity contribution in [1.82, 2.24) is 19.1 Å². The van der Waals surface area contributed by atoms with Gasteiger partial charge in [0.05, 0.1) is 6.54 Å². The molecule has 5 atom stereocenters. The number of hydrogen-bond donors (Lipinski definition) is 2. The van der Waals surface area contributed by atoms with Gasteiger partial charge in [0, 0.05) is 20.8 Å². The Kier molecular flexibility index (Phi) is 7.39. The summed E-state index contributed by atoms with van der Waals surface area (Å²) in [6.45, 7) is 4.65. The molecule has 0 bridgehead atoms. The lowest BCUT2D eigenvalue weighted by molar-refractivity contribution is -0.159. The van der Waals surface area contributed by atoms with E-state index in [-0.39, 0.29) is 30.1 Å². The molecule has 3 heterocycles. The first kappa shape index (κ1) is 25.6. The van der Waals surface area contributed by atoms with E-state index in [2.05, 4.69) is 21.2 Å². The van der Waals surface area contributed by atoms with Crippen LogP contribution in [-0.4, -0.2) is 61.4 Å². The topological polar surface area (TPSA) is 164 Å². The minimum absolute atomic E-state index is 0.155.